The van der Waals surface area contributed by atoms with Crippen LogP contribution in [-0.4, -0.2) is 26.2 Å². The maximum atomic E-state index is 14.6. The molecule has 0 saturated carbocycles. The molecular formula is C31H32FN5. The summed E-state index contributed by atoms with van der Waals surface area (Å²) >= 11 is 0. The molecule has 0 aliphatic rings. The molecule has 188 valence electrons. The fourth-order valence-electron chi connectivity index (χ4n) is 4.29. The van der Waals surface area contributed by atoms with E-state index in [-0.39, 0.29) is 11.9 Å². The van der Waals surface area contributed by atoms with Gasteiger partial charge in [0.25, 0.3) is 0 Å². The Hall–Kier alpha value is -4.45. The lowest BCUT2D eigenvalue weighted by molar-refractivity contribution is 0.631. The second-order valence-electron chi connectivity index (χ2n) is 9.02. The minimum atomic E-state index is -0.287. The maximum Gasteiger partial charge on any atom is 0.131 e. The fraction of sp³-hybridized carbons (Fsp3) is 0.161. The first-order valence-corrected chi connectivity index (χ1v) is 12.3. The van der Waals surface area contributed by atoms with Gasteiger partial charge in [-0.05, 0) is 69.2 Å². The predicted octanol–water partition coefficient (Wildman–Crippen LogP) is 5.91. The first kappa shape index (κ1) is 25.6. The van der Waals surface area contributed by atoms with Crippen LogP contribution in [0.3, 0.4) is 0 Å². The van der Waals surface area contributed by atoms with E-state index in [4.69, 9.17) is 0 Å². The number of aromatic amines is 2. The summed E-state index contributed by atoms with van der Waals surface area (Å²) in [4.78, 5) is 7.76. The van der Waals surface area contributed by atoms with Crippen LogP contribution in [-0.2, 0) is 0 Å². The van der Waals surface area contributed by atoms with Crippen molar-refractivity contribution in [3.63, 3.8) is 0 Å². The number of fused-ring (bicyclic) bond motifs is 1. The van der Waals surface area contributed by atoms with Gasteiger partial charge in [-0.25, -0.2) is 4.39 Å². The molecule has 6 heteroatoms. The molecule has 0 atom stereocenters. The molecule has 4 rings (SSSR count). The Kier molecular flexibility index (Phi) is 7.68. The number of hydrogen-bond acceptors (Lipinski definition) is 3. The van der Waals surface area contributed by atoms with Crippen molar-refractivity contribution < 1.29 is 4.39 Å². The smallest absolute Gasteiger partial charge is 0.131 e. The average Bonchev–Trinajstić information content (AvgIpc) is 3.50. The number of aromatic nitrogens is 4. The molecule has 37 heavy (non-hydrogen) atoms. The summed E-state index contributed by atoms with van der Waals surface area (Å²) < 4.78 is 14.6. The van der Waals surface area contributed by atoms with Gasteiger partial charge < -0.3 is 10.3 Å². The number of hydrogen-bond donors (Lipinski definition) is 3. The van der Waals surface area contributed by atoms with Gasteiger partial charge in [0.15, 0.2) is 0 Å². The first-order chi connectivity index (χ1) is 17.9. The van der Waals surface area contributed by atoms with Crippen molar-refractivity contribution in [3.8, 4) is 22.5 Å². The van der Waals surface area contributed by atoms with Gasteiger partial charge in [0.2, 0.25) is 0 Å². The van der Waals surface area contributed by atoms with Gasteiger partial charge in [0.05, 0.1) is 22.8 Å². The molecule has 0 amide bonds. The van der Waals surface area contributed by atoms with Crippen LogP contribution in [0.5, 0.6) is 0 Å². The number of halogens is 1. The summed E-state index contributed by atoms with van der Waals surface area (Å²) in [5.41, 5.74) is 6.32. The van der Waals surface area contributed by atoms with Crippen LogP contribution in [0.2, 0.25) is 0 Å². The third kappa shape index (κ3) is 5.38. The minimum absolute atomic E-state index is 0.284. The van der Waals surface area contributed by atoms with E-state index in [9.17, 15) is 4.39 Å². The molecule has 0 aliphatic carbocycles. The second kappa shape index (κ2) is 11.1. The van der Waals surface area contributed by atoms with E-state index in [1.165, 1.54) is 6.07 Å². The summed E-state index contributed by atoms with van der Waals surface area (Å²) in [5.74, 6) is -0.287. The predicted molar refractivity (Wildman–Crippen MR) is 152 cm³/mol. The van der Waals surface area contributed by atoms with Crippen LogP contribution >= 0.6 is 0 Å². The quantitative estimate of drug-likeness (QED) is 0.267. The first-order valence-electron chi connectivity index (χ1n) is 12.3. The van der Waals surface area contributed by atoms with E-state index in [0.717, 1.165) is 55.3 Å². The summed E-state index contributed by atoms with van der Waals surface area (Å²) in [5, 5.41) is 13.8. The molecule has 5 nitrogen and oxygen atoms in total. The molecule has 3 heterocycles. The van der Waals surface area contributed by atoms with Crippen molar-refractivity contribution in [3.05, 3.63) is 107 Å². The van der Waals surface area contributed by atoms with Crippen LogP contribution in [0.15, 0.2) is 91.0 Å². The Morgan fingerprint density at radius 1 is 1.14 bits per heavy atom. The fourth-order valence-corrected chi connectivity index (χ4v) is 4.29. The van der Waals surface area contributed by atoms with Crippen LogP contribution < -0.4 is 15.9 Å². The van der Waals surface area contributed by atoms with E-state index in [1.807, 2.05) is 50.3 Å². The molecule has 1 aromatic carbocycles. The SMILES string of the molecule is C=C/C(=C\C(=C/C)C(=C)/C=c1/c(-c2cc3c(-c4ccccc4F)cncc3[nH]2)n[nH]/c1=C/C)NC(C)C. The van der Waals surface area contributed by atoms with Crippen molar-refractivity contribution in [2.75, 3.05) is 0 Å². The number of H-pyrrole nitrogens is 2. The molecule has 0 bridgehead atoms. The van der Waals surface area contributed by atoms with Crippen molar-refractivity contribution >= 4 is 23.1 Å². The highest BCUT2D eigenvalue weighted by molar-refractivity contribution is 5.97. The molecule has 0 unspecified atom stereocenters. The number of rotatable bonds is 8. The average molecular weight is 494 g/mol. The lowest BCUT2D eigenvalue weighted by Gasteiger charge is -2.12. The molecule has 0 fully saturated rings. The van der Waals surface area contributed by atoms with Crippen LogP contribution in [0.25, 0.3) is 45.6 Å². The van der Waals surface area contributed by atoms with E-state index >= 15 is 0 Å². The Morgan fingerprint density at radius 3 is 2.59 bits per heavy atom. The molecule has 3 aromatic heterocycles. The van der Waals surface area contributed by atoms with Gasteiger partial charge in [-0.1, -0.05) is 43.5 Å². The van der Waals surface area contributed by atoms with Gasteiger partial charge in [-0.15, -0.1) is 0 Å². The normalized spacial score (nSPS) is 13.6. The number of benzene rings is 1. The highest BCUT2D eigenvalue weighted by Gasteiger charge is 2.14. The van der Waals surface area contributed by atoms with E-state index < -0.39 is 0 Å². The number of nitrogens with zero attached hydrogens (tertiary/aromatic N) is 2. The number of nitrogens with one attached hydrogen (secondary N) is 3. The van der Waals surface area contributed by atoms with Crippen LogP contribution in [0.4, 0.5) is 4.39 Å². The zero-order valence-electron chi connectivity index (χ0n) is 21.7. The largest absolute Gasteiger partial charge is 0.383 e. The summed E-state index contributed by atoms with van der Waals surface area (Å²) in [7, 11) is 0. The van der Waals surface area contributed by atoms with Crippen molar-refractivity contribution in [1.29, 1.82) is 0 Å². The van der Waals surface area contributed by atoms with Gasteiger partial charge in [0, 0.05) is 39.7 Å². The van der Waals surface area contributed by atoms with Crippen molar-refractivity contribution in [2.24, 2.45) is 0 Å². The zero-order valence-corrected chi connectivity index (χ0v) is 21.7. The Balaban J connectivity index is 1.83. The topological polar surface area (TPSA) is 69.4 Å². The zero-order chi connectivity index (χ0) is 26.5. The van der Waals surface area contributed by atoms with Crippen LogP contribution in [0, 0.1) is 5.82 Å². The van der Waals surface area contributed by atoms with E-state index in [0.29, 0.717) is 5.56 Å². The summed E-state index contributed by atoms with van der Waals surface area (Å²) in [6.45, 7) is 16.4. The molecule has 0 saturated heterocycles. The van der Waals surface area contributed by atoms with Gasteiger partial charge >= 0.3 is 0 Å². The molecule has 4 aromatic rings. The summed E-state index contributed by atoms with van der Waals surface area (Å²) in [6.07, 6.45) is 13.3. The molecule has 0 radical (unpaired) electrons. The minimum Gasteiger partial charge on any atom is -0.383 e. The number of pyridine rings is 1. The van der Waals surface area contributed by atoms with Gasteiger partial charge in [0.1, 0.15) is 11.5 Å². The molecular weight excluding hydrogens is 461 g/mol. The van der Waals surface area contributed by atoms with Crippen LogP contribution in [0.1, 0.15) is 27.7 Å². The third-order valence-electron chi connectivity index (χ3n) is 6.07. The molecule has 0 spiro atoms. The lowest BCUT2D eigenvalue weighted by Crippen LogP contribution is -2.24. The monoisotopic (exact) mass is 493 g/mol. The molecule has 3 N–H and O–H groups in total. The highest BCUT2D eigenvalue weighted by Crippen LogP contribution is 2.31. The van der Waals surface area contributed by atoms with Gasteiger partial charge in [-0.2, -0.15) is 5.10 Å². The Morgan fingerprint density at radius 2 is 1.92 bits per heavy atom. The lowest BCUT2D eigenvalue weighted by atomic mass is 10.0. The van der Waals surface area contributed by atoms with E-state index in [2.05, 4.69) is 52.5 Å². The van der Waals surface area contributed by atoms with Crippen molar-refractivity contribution in [1.82, 2.24) is 25.5 Å². The Bertz CT molecular complexity index is 1650. The standard InChI is InChI=1S/C31H32FN5/c1-7-21(15-22(8-2)34-19(4)5)20(6)14-25-28(9-3)36-37-31(25)29-16-24-26(17-33-18-30(24)35-29)23-12-10-11-13-27(23)32/h7-19,34-36H,2,6H2,1,3-5H3/b21-7+,22-15+,25-14+,28-9+. The molecule has 0 aliphatic heterocycles. The van der Waals surface area contributed by atoms with Gasteiger partial charge in [-0.3, -0.25) is 10.1 Å². The Labute approximate surface area is 216 Å². The summed E-state index contributed by atoms with van der Waals surface area (Å²) in [6, 6.07) is 9.00. The maximum absolute atomic E-state index is 14.6. The highest BCUT2D eigenvalue weighted by atomic mass is 19.1. The van der Waals surface area contributed by atoms with Crippen molar-refractivity contribution in [2.45, 2.75) is 33.7 Å². The van der Waals surface area contributed by atoms with E-state index in [1.54, 1.807) is 30.6 Å². The number of allylic oxidation sites excluding steroid dienone is 5. The second-order valence-corrected chi connectivity index (χ2v) is 9.02. The third-order valence-corrected chi connectivity index (χ3v) is 6.07.